The summed E-state index contributed by atoms with van der Waals surface area (Å²) in [4.78, 5) is 42.3. The average molecular weight is 361 g/mol. The topological polar surface area (TPSA) is 79.4 Å². The van der Waals surface area contributed by atoms with Gasteiger partial charge in [-0.15, -0.1) is 0 Å². The Bertz CT molecular complexity index is 857. The number of nitrogens with one attached hydrogen (secondary N) is 1. The molecule has 8 heteroatoms. The molecule has 4 rings (SSSR count). The molecule has 2 aliphatic rings. The fourth-order valence-electron chi connectivity index (χ4n) is 3.64. The SMILES string of the molecule is O=C(CN1C(=O)[C@H]2CCCC[C@@H]2C1=O)Nc1nc2ccc(F)cc2s1. The number of hydrogen-bond donors (Lipinski definition) is 1. The van der Waals surface area contributed by atoms with Crippen molar-refractivity contribution in [2.75, 3.05) is 11.9 Å². The van der Waals surface area contributed by atoms with Crippen molar-refractivity contribution in [3.63, 3.8) is 0 Å². The van der Waals surface area contributed by atoms with E-state index < -0.39 is 5.91 Å². The minimum atomic E-state index is -0.472. The van der Waals surface area contributed by atoms with Gasteiger partial charge in [-0.1, -0.05) is 24.2 Å². The molecule has 0 unspecified atom stereocenters. The van der Waals surface area contributed by atoms with Crippen LogP contribution in [0.4, 0.5) is 9.52 Å². The van der Waals surface area contributed by atoms with Gasteiger partial charge < -0.3 is 5.32 Å². The number of benzene rings is 1. The van der Waals surface area contributed by atoms with Crippen LogP contribution in [-0.2, 0) is 14.4 Å². The number of aromatic nitrogens is 1. The maximum absolute atomic E-state index is 13.2. The average Bonchev–Trinajstić information content (AvgIpc) is 3.09. The summed E-state index contributed by atoms with van der Waals surface area (Å²) in [5.74, 6) is -1.85. The van der Waals surface area contributed by atoms with Gasteiger partial charge in [-0.05, 0) is 31.0 Å². The van der Waals surface area contributed by atoms with Gasteiger partial charge in [0.2, 0.25) is 17.7 Å². The third-order valence-electron chi connectivity index (χ3n) is 4.83. The third kappa shape index (κ3) is 2.90. The zero-order valence-corrected chi connectivity index (χ0v) is 14.1. The van der Waals surface area contributed by atoms with Gasteiger partial charge in [0, 0.05) is 0 Å². The second-order valence-electron chi connectivity index (χ2n) is 6.44. The number of carbonyl (C=O) groups is 3. The number of carbonyl (C=O) groups excluding carboxylic acids is 3. The molecule has 2 aromatic rings. The molecule has 0 bridgehead atoms. The molecule has 3 amide bonds. The van der Waals surface area contributed by atoms with E-state index in [1.807, 2.05) is 0 Å². The lowest BCUT2D eigenvalue weighted by molar-refractivity contribution is -0.142. The number of rotatable bonds is 3. The minimum absolute atomic E-state index is 0.240. The van der Waals surface area contributed by atoms with Crippen LogP contribution in [0.25, 0.3) is 10.2 Å². The Morgan fingerprint density at radius 2 is 1.92 bits per heavy atom. The van der Waals surface area contributed by atoms with Crippen LogP contribution in [0.5, 0.6) is 0 Å². The summed E-state index contributed by atoms with van der Waals surface area (Å²) >= 11 is 1.15. The number of thiazole rings is 1. The molecule has 2 heterocycles. The first-order valence-corrected chi connectivity index (χ1v) is 9.06. The molecule has 1 N–H and O–H groups in total. The summed E-state index contributed by atoms with van der Waals surface area (Å²) in [7, 11) is 0. The molecule has 1 aromatic carbocycles. The van der Waals surface area contributed by atoms with Crippen molar-refractivity contribution >= 4 is 44.4 Å². The highest BCUT2D eigenvalue weighted by atomic mass is 32.1. The molecule has 2 atom stereocenters. The Hall–Kier alpha value is -2.35. The lowest BCUT2D eigenvalue weighted by atomic mass is 9.81. The molecule has 25 heavy (non-hydrogen) atoms. The standard InChI is InChI=1S/C17H16FN3O3S/c18-9-5-6-12-13(7-9)25-17(19-12)20-14(22)8-21-15(23)10-3-1-2-4-11(10)16(21)24/h5-7,10-11H,1-4,8H2,(H,19,20,22)/t10-,11-/m0/s1. The normalized spacial score (nSPS) is 23.2. The summed E-state index contributed by atoms with van der Waals surface area (Å²) in [6.45, 7) is -0.297. The van der Waals surface area contributed by atoms with Crippen LogP contribution in [0.2, 0.25) is 0 Å². The van der Waals surface area contributed by atoms with E-state index in [4.69, 9.17) is 0 Å². The van der Waals surface area contributed by atoms with E-state index in [9.17, 15) is 18.8 Å². The number of halogens is 1. The number of amides is 3. The maximum atomic E-state index is 13.2. The van der Waals surface area contributed by atoms with E-state index in [0.717, 1.165) is 41.9 Å². The highest BCUT2D eigenvalue weighted by Gasteiger charge is 2.48. The molecule has 6 nitrogen and oxygen atoms in total. The van der Waals surface area contributed by atoms with E-state index in [2.05, 4.69) is 10.3 Å². The van der Waals surface area contributed by atoms with Crippen LogP contribution in [-0.4, -0.2) is 34.2 Å². The quantitative estimate of drug-likeness (QED) is 0.852. The molecular weight excluding hydrogens is 345 g/mol. The predicted molar refractivity (Wildman–Crippen MR) is 90.4 cm³/mol. The molecule has 1 aromatic heterocycles. The summed E-state index contributed by atoms with van der Waals surface area (Å²) < 4.78 is 13.8. The van der Waals surface area contributed by atoms with Gasteiger partial charge in [-0.2, -0.15) is 0 Å². The summed E-state index contributed by atoms with van der Waals surface area (Å²) in [6.07, 6.45) is 3.33. The van der Waals surface area contributed by atoms with E-state index in [1.165, 1.54) is 18.2 Å². The number of nitrogens with zero attached hydrogens (tertiary/aromatic N) is 2. The Morgan fingerprint density at radius 1 is 1.24 bits per heavy atom. The maximum Gasteiger partial charge on any atom is 0.246 e. The van der Waals surface area contributed by atoms with Crippen LogP contribution in [0, 0.1) is 17.7 Å². The van der Waals surface area contributed by atoms with E-state index >= 15 is 0 Å². The predicted octanol–water partition coefficient (Wildman–Crippen LogP) is 2.55. The molecule has 0 spiro atoms. The first-order valence-electron chi connectivity index (χ1n) is 8.24. The summed E-state index contributed by atoms with van der Waals surface area (Å²) in [6, 6.07) is 4.19. The molecule has 1 aliphatic heterocycles. The number of likely N-dealkylation sites (tertiary alicyclic amines) is 1. The summed E-state index contributed by atoms with van der Waals surface area (Å²) in [5.41, 5.74) is 0.584. The zero-order valence-electron chi connectivity index (χ0n) is 13.3. The second kappa shape index (κ2) is 6.18. The van der Waals surface area contributed by atoms with Crippen LogP contribution in [0.3, 0.4) is 0 Å². The minimum Gasteiger partial charge on any atom is -0.300 e. The third-order valence-corrected chi connectivity index (χ3v) is 5.76. The Kier molecular flexibility index (Phi) is 3.99. The monoisotopic (exact) mass is 361 g/mol. The second-order valence-corrected chi connectivity index (χ2v) is 7.47. The van der Waals surface area contributed by atoms with Gasteiger partial charge in [0.1, 0.15) is 12.4 Å². The van der Waals surface area contributed by atoms with E-state index in [0.29, 0.717) is 15.3 Å². The smallest absolute Gasteiger partial charge is 0.246 e. The summed E-state index contributed by atoms with van der Waals surface area (Å²) in [5, 5.41) is 2.92. The fourth-order valence-corrected chi connectivity index (χ4v) is 4.55. The Balaban J connectivity index is 1.46. The van der Waals surface area contributed by atoms with Crippen molar-refractivity contribution < 1.29 is 18.8 Å². The number of anilines is 1. The zero-order chi connectivity index (χ0) is 17.6. The largest absolute Gasteiger partial charge is 0.300 e. The molecular formula is C17H16FN3O3S. The van der Waals surface area contributed by atoms with Crippen molar-refractivity contribution in [1.29, 1.82) is 0 Å². The van der Waals surface area contributed by atoms with E-state index in [-0.39, 0.29) is 36.0 Å². The Labute approximate surface area is 147 Å². The molecule has 130 valence electrons. The van der Waals surface area contributed by atoms with Crippen molar-refractivity contribution in [2.45, 2.75) is 25.7 Å². The van der Waals surface area contributed by atoms with Crippen LogP contribution in [0.1, 0.15) is 25.7 Å². The molecule has 1 aliphatic carbocycles. The number of fused-ring (bicyclic) bond motifs is 2. The van der Waals surface area contributed by atoms with Gasteiger partial charge in [0.05, 0.1) is 22.1 Å². The van der Waals surface area contributed by atoms with Crippen molar-refractivity contribution in [1.82, 2.24) is 9.88 Å². The van der Waals surface area contributed by atoms with Crippen molar-refractivity contribution in [3.8, 4) is 0 Å². The van der Waals surface area contributed by atoms with Gasteiger partial charge in [-0.3, -0.25) is 19.3 Å². The molecule has 1 saturated carbocycles. The lowest BCUT2D eigenvalue weighted by Gasteiger charge is -2.19. The van der Waals surface area contributed by atoms with Crippen molar-refractivity contribution in [3.05, 3.63) is 24.0 Å². The van der Waals surface area contributed by atoms with Crippen LogP contribution < -0.4 is 5.32 Å². The van der Waals surface area contributed by atoms with Gasteiger partial charge >= 0.3 is 0 Å². The van der Waals surface area contributed by atoms with Gasteiger partial charge in [-0.25, -0.2) is 9.37 Å². The molecule has 0 radical (unpaired) electrons. The number of imide groups is 1. The first kappa shape index (κ1) is 16.1. The Morgan fingerprint density at radius 3 is 2.60 bits per heavy atom. The van der Waals surface area contributed by atoms with Gasteiger partial charge in [0.15, 0.2) is 5.13 Å². The fraction of sp³-hybridized carbons (Fsp3) is 0.412. The highest BCUT2D eigenvalue weighted by molar-refractivity contribution is 7.22. The lowest BCUT2D eigenvalue weighted by Crippen LogP contribution is -2.38. The van der Waals surface area contributed by atoms with Crippen LogP contribution >= 0.6 is 11.3 Å². The van der Waals surface area contributed by atoms with Gasteiger partial charge in [0.25, 0.3) is 0 Å². The molecule has 1 saturated heterocycles. The number of hydrogen-bond acceptors (Lipinski definition) is 5. The van der Waals surface area contributed by atoms with Crippen LogP contribution in [0.15, 0.2) is 18.2 Å². The van der Waals surface area contributed by atoms with E-state index in [1.54, 1.807) is 0 Å². The highest BCUT2D eigenvalue weighted by Crippen LogP contribution is 2.38. The molecule has 2 fully saturated rings. The first-order chi connectivity index (χ1) is 12.0. The van der Waals surface area contributed by atoms with Crippen molar-refractivity contribution in [2.24, 2.45) is 11.8 Å².